The summed E-state index contributed by atoms with van der Waals surface area (Å²) in [6.07, 6.45) is 3.64. The first kappa shape index (κ1) is 19.4. The maximum Gasteiger partial charge on any atom is 0.252 e. The van der Waals surface area contributed by atoms with E-state index in [2.05, 4.69) is 28.7 Å². The van der Waals surface area contributed by atoms with Gasteiger partial charge in [0, 0.05) is 5.56 Å². The fraction of sp³-hybridized carbons (Fsp3) is 0.0769. The van der Waals surface area contributed by atoms with Gasteiger partial charge >= 0.3 is 0 Å². The first-order valence-electron chi connectivity index (χ1n) is 9.91. The molecule has 0 aliphatic rings. The van der Waals surface area contributed by atoms with Gasteiger partial charge in [-0.3, -0.25) is 9.69 Å². The molecule has 4 nitrogen and oxygen atoms in total. The van der Waals surface area contributed by atoms with Gasteiger partial charge in [-0.15, -0.1) is 0 Å². The Labute approximate surface area is 176 Å². The summed E-state index contributed by atoms with van der Waals surface area (Å²) in [5.74, 6) is 0.403. The summed E-state index contributed by atoms with van der Waals surface area (Å²) in [6, 6.07) is 29.9. The number of nitrogens with one attached hydrogen (secondary N) is 1. The summed E-state index contributed by atoms with van der Waals surface area (Å²) >= 11 is 0. The molecule has 0 spiro atoms. The molecule has 148 valence electrons. The van der Waals surface area contributed by atoms with Crippen LogP contribution in [0, 0.1) is 0 Å². The molecule has 3 aromatic carbocycles. The lowest BCUT2D eigenvalue weighted by Gasteiger charge is -2.31. The number of nitrogens with zero attached hydrogens (tertiary/aromatic N) is 2. The average molecular weight is 393 g/mol. The van der Waals surface area contributed by atoms with Crippen molar-refractivity contribution in [1.29, 1.82) is 0 Å². The van der Waals surface area contributed by atoms with Crippen LogP contribution in [0.15, 0.2) is 110 Å². The molecular formula is C26H23N3O. The Morgan fingerprint density at radius 1 is 0.933 bits per heavy atom. The smallest absolute Gasteiger partial charge is 0.252 e. The molecular weight excluding hydrogens is 370 g/mol. The van der Waals surface area contributed by atoms with E-state index in [0.29, 0.717) is 12.2 Å². The summed E-state index contributed by atoms with van der Waals surface area (Å²) in [7, 11) is 0. The molecule has 0 radical (unpaired) electrons. The number of carbonyl (C=O) groups is 1. The summed E-state index contributed by atoms with van der Waals surface area (Å²) in [6.45, 7) is 3.75. The van der Waals surface area contributed by atoms with Crippen LogP contribution >= 0.6 is 0 Å². The van der Waals surface area contributed by atoms with Crippen molar-refractivity contribution in [3.8, 4) is 11.3 Å². The van der Waals surface area contributed by atoms with Crippen LogP contribution in [0.4, 0.5) is 5.82 Å². The van der Waals surface area contributed by atoms with Gasteiger partial charge < -0.3 is 4.98 Å². The van der Waals surface area contributed by atoms with E-state index in [9.17, 15) is 4.79 Å². The van der Waals surface area contributed by atoms with Crippen molar-refractivity contribution in [1.82, 2.24) is 9.97 Å². The van der Waals surface area contributed by atoms with Crippen LogP contribution in [0.5, 0.6) is 0 Å². The van der Waals surface area contributed by atoms with Crippen molar-refractivity contribution in [3.63, 3.8) is 0 Å². The highest BCUT2D eigenvalue weighted by Gasteiger charge is 2.29. The van der Waals surface area contributed by atoms with E-state index >= 15 is 0 Å². The van der Waals surface area contributed by atoms with Crippen molar-refractivity contribution in [2.45, 2.75) is 12.5 Å². The van der Waals surface area contributed by atoms with E-state index in [4.69, 9.17) is 0 Å². The van der Waals surface area contributed by atoms with E-state index in [-0.39, 0.29) is 11.9 Å². The molecule has 30 heavy (non-hydrogen) atoms. The molecule has 4 aromatic rings. The molecule has 4 rings (SSSR count). The van der Waals surface area contributed by atoms with Crippen molar-refractivity contribution in [3.05, 3.63) is 121 Å². The second kappa shape index (κ2) is 9.05. The number of carbonyl (C=O) groups excluding carboxylic acids is 1. The lowest BCUT2D eigenvalue weighted by molar-refractivity contribution is -0.114. The molecule has 1 aromatic heterocycles. The number of aromatic nitrogens is 2. The third kappa shape index (κ3) is 4.08. The highest BCUT2D eigenvalue weighted by atomic mass is 16.2. The number of amides is 1. The van der Waals surface area contributed by atoms with E-state index in [1.807, 2.05) is 78.9 Å². The topological polar surface area (TPSA) is 49.0 Å². The Kier molecular flexibility index (Phi) is 5.85. The Morgan fingerprint density at radius 3 is 2.17 bits per heavy atom. The number of H-pyrrole nitrogens is 1. The van der Waals surface area contributed by atoms with Gasteiger partial charge in [-0.25, -0.2) is 4.98 Å². The third-order valence-electron chi connectivity index (χ3n) is 5.09. The zero-order valence-corrected chi connectivity index (χ0v) is 16.6. The Bertz CT molecular complexity index is 1100. The quantitative estimate of drug-likeness (QED) is 0.417. The number of aromatic amines is 1. The van der Waals surface area contributed by atoms with Crippen LogP contribution in [0.2, 0.25) is 0 Å². The molecule has 0 bridgehead atoms. The normalized spacial score (nSPS) is 11.6. The predicted octanol–water partition coefficient (Wildman–Crippen LogP) is 5.58. The Morgan fingerprint density at radius 2 is 1.53 bits per heavy atom. The number of hydrogen-bond acceptors (Lipinski definition) is 2. The summed E-state index contributed by atoms with van der Waals surface area (Å²) in [5, 5.41) is 0. The number of anilines is 1. The van der Waals surface area contributed by atoms with Crippen LogP contribution in [0.25, 0.3) is 11.3 Å². The Balaban J connectivity index is 1.84. The number of rotatable bonds is 7. The summed E-state index contributed by atoms with van der Waals surface area (Å²) in [5.41, 5.74) is 3.96. The zero-order chi connectivity index (χ0) is 20.8. The molecule has 4 heteroatoms. The second-order valence-electron chi connectivity index (χ2n) is 7.00. The van der Waals surface area contributed by atoms with Gasteiger partial charge in [0.25, 0.3) is 5.91 Å². The minimum atomic E-state index is -0.232. The lowest BCUT2D eigenvalue weighted by Crippen LogP contribution is -2.35. The Hall–Kier alpha value is -3.92. The van der Waals surface area contributed by atoms with Gasteiger partial charge in [0.15, 0.2) is 5.82 Å². The van der Waals surface area contributed by atoms with Crippen LogP contribution in [0.1, 0.15) is 17.2 Å². The fourth-order valence-corrected chi connectivity index (χ4v) is 3.66. The molecule has 1 amide bonds. The number of benzene rings is 3. The first-order valence-corrected chi connectivity index (χ1v) is 9.91. The van der Waals surface area contributed by atoms with Crippen LogP contribution < -0.4 is 4.90 Å². The summed E-state index contributed by atoms with van der Waals surface area (Å²) in [4.78, 5) is 22.7. The number of hydrogen-bond donors (Lipinski definition) is 1. The van der Waals surface area contributed by atoms with Crippen molar-refractivity contribution >= 4 is 11.7 Å². The highest BCUT2D eigenvalue weighted by Crippen LogP contribution is 2.35. The largest absolute Gasteiger partial charge is 0.343 e. The fourth-order valence-electron chi connectivity index (χ4n) is 3.66. The number of imidazole rings is 1. The third-order valence-corrected chi connectivity index (χ3v) is 5.09. The molecule has 0 fully saturated rings. The maximum atomic E-state index is 13.2. The lowest BCUT2D eigenvalue weighted by atomic mass is 9.96. The zero-order valence-electron chi connectivity index (χ0n) is 16.6. The molecule has 0 aliphatic heterocycles. The minimum absolute atomic E-state index is 0.191. The van der Waals surface area contributed by atoms with Crippen molar-refractivity contribution < 1.29 is 4.79 Å². The van der Waals surface area contributed by atoms with E-state index < -0.39 is 0 Å². The van der Waals surface area contributed by atoms with Gasteiger partial charge in [0.05, 0.1) is 18.1 Å². The first-order chi connectivity index (χ1) is 14.8. The predicted molar refractivity (Wildman–Crippen MR) is 121 cm³/mol. The van der Waals surface area contributed by atoms with E-state index in [1.165, 1.54) is 6.08 Å². The van der Waals surface area contributed by atoms with Crippen LogP contribution in [0.3, 0.4) is 0 Å². The summed E-state index contributed by atoms with van der Waals surface area (Å²) < 4.78 is 0. The average Bonchev–Trinajstić information content (AvgIpc) is 3.29. The van der Waals surface area contributed by atoms with Crippen molar-refractivity contribution in [2.75, 3.05) is 4.90 Å². The van der Waals surface area contributed by atoms with E-state index in [1.54, 1.807) is 11.2 Å². The molecule has 1 N–H and O–H groups in total. The van der Waals surface area contributed by atoms with Gasteiger partial charge in [-0.1, -0.05) is 97.6 Å². The second-order valence-corrected chi connectivity index (χ2v) is 7.00. The highest BCUT2D eigenvalue weighted by molar-refractivity contribution is 6.03. The SMILES string of the molecule is C=CC(=O)N(c1nc[nH]c1-c1ccccc1)C(Cc1ccccc1)c1ccccc1. The minimum Gasteiger partial charge on any atom is -0.343 e. The molecule has 1 heterocycles. The van der Waals surface area contributed by atoms with Gasteiger partial charge in [0.2, 0.25) is 0 Å². The monoisotopic (exact) mass is 393 g/mol. The molecule has 0 saturated carbocycles. The molecule has 1 unspecified atom stereocenters. The van der Waals surface area contributed by atoms with Crippen LogP contribution in [-0.4, -0.2) is 15.9 Å². The van der Waals surface area contributed by atoms with Crippen LogP contribution in [-0.2, 0) is 11.2 Å². The van der Waals surface area contributed by atoms with Gasteiger partial charge in [0.1, 0.15) is 0 Å². The molecule has 0 aliphatic carbocycles. The standard InChI is InChI=1S/C26H23N3O/c1-2-24(30)29(26-25(27-19-28-26)22-16-10-5-11-17-22)23(21-14-8-4-9-15-21)18-20-12-6-3-7-13-20/h2-17,19,23H,1,18H2,(H,27,28). The van der Waals surface area contributed by atoms with Crippen molar-refractivity contribution in [2.24, 2.45) is 0 Å². The van der Waals surface area contributed by atoms with Gasteiger partial charge in [-0.05, 0) is 23.6 Å². The molecule has 0 saturated heterocycles. The molecule has 1 atom stereocenters. The maximum absolute atomic E-state index is 13.2. The van der Waals surface area contributed by atoms with E-state index in [0.717, 1.165) is 22.4 Å². The van der Waals surface area contributed by atoms with Gasteiger partial charge in [-0.2, -0.15) is 0 Å².